The van der Waals surface area contributed by atoms with E-state index < -0.39 is 11.1 Å². The number of hydrogen-bond donors (Lipinski definition) is 1. The summed E-state index contributed by atoms with van der Waals surface area (Å²) in [6.45, 7) is 0. The monoisotopic (exact) mass is 351 g/mol. The van der Waals surface area contributed by atoms with Gasteiger partial charge < -0.3 is 0 Å². The SMILES string of the molecule is O=C1NC(=O)/C(=C/c2c(Cl)cc(Br)cc2Cl)S1. The number of hydrogen-bond acceptors (Lipinski definition) is 3. The lowest BCUT2D eigenvalue weighted by Crippen LogP contribution is -2.17. The van der Waals surface area contributed by atoms with Crippen molar-refractivity contribution in [3.63, 3.8) is 0 Å². The summed E-state index contributed by atoms with van der Waals surface area (Å²) in [7, 11) is 0. The zero-order valence-electron chi connectivity index (χ0n) is 8.09. The van der Waals surface area contributed by atoms with Gasteiger partial charge in [0, 0.05) is 10.0 Å². The Hall–Kier alpha value is -0.490. The molecule has 1 N–H and O–H groups in total. The molecule has 0 atom stereocenters. The maximum atomic E-state index is 11.4. The fraction of sp³-hybridized carbons (Fsp3) is 0. The molecule has 7 heteroatoms. The first-order valence-corrected chi connectivity index (χ1v) is 6.73. The largest absolute Gasteiger partial charge is 0.290 e. The quantitative estimate of drug-likeness (QED) is 0.774. The second-order valence-electron chi connectivity index (χ2n) is 3.14. The van der Waals surface area contributed by atoms with Crippen molar-refractivity contribution in [3.8, 4) is 0 Å². The molecule has 1 heterocycles. The van der Waals surface area contributed by atoms with Crippen molar-refractivity contribution in [2.75, 3.05) is 0 Å². The van der Waals surface area contributed by atoms with E-state index >= 15 is 0 Å². The van der Waals surface area contributed by atoms with Crippen LogP contribution < -0.4 is 5.32 Å². The summed E-state index contributed by atoms with van der Waals surface area (Å²) in [5.41, 5.74) is 0.517. The van der Waals surface area contributed by atoms with Crippen LogP contribution in [0.1, 0.15) is 5.56 Å². The zero-order valence-corrected chi connectivity index (χ0v) is 12.0. The van der Waals surface area contributed by atoms with Crippen molar-refractivity contribution in [3.05, 3.63) is 37.1 Å². The van der Waals surface area contributed by atoms with E-state index in [1.165, 1.54) is 6.08 Å². The second-order valence-corrected chi connectivity index (χ2v) is 5.88. The van der Waals surface area contributed by atoms with Gasteiger partial charge in [0.15, 0.2) is 0 Å². The molecule has 0 unspecified atom stereocenters. The molecule has 1 fully saturated rings. The summed E-state index contributed by atoms with van der Waals surface area (Å²) in [4.78, 5) is 22.6. The molecule has 1 aromatic rings. The highest BCUT2D eigenvalue weighted by molar-refractivity contribution is 9.10. The molecule has 17 heavy (non-hydrogen) atoms. The maximum absolute atomic E-state index is 11.4. The molecule has 1 aliphatic rings. The van der Waals surface area contributed by atoms with Crippen molar-refractivity contribution in [2.45, 2.75) is 0 Å². The summed E-state index contributed by atoms with van der Waals surface area (Å²) in [6, 6.07) is 3.33. The van der Waals surface area contributed by atoms with Crippen LogP contribution in [0.4, 0.5) is 4.79 Å². The average molecular weight is 353 g/mol. The molecular weight excluding hydrogens is 349 g/mol. The minimum atomic E-state index is -0.435. The first-order chi connectivity index (χ1) is 7.97. The Labute approximate surface area is 120 Å². The predicted octanol–water partition coefficient (Wildman–Crippen LogP) is 4.08. The molecule has 0 radical (unpaired) electrons. The number of thioether (sulfide) groups is 1. The molecule has 2 rings (SSSR count). The van der Waals surface area contributed by atoms with Gasteiger partial charge in [-0.15, -0.1) is 0 Å². The summed E-state index contributed by atoms with van der Waals surface area (Å²) in [5.74, 6) is -0.435. The summed E-state index contributed by atoms with van der Waals surface area (Å²) in [6.07, 6.45) is 1.50. The van der Waals surface area contributed by atoms with Crippen LogP contribution in [0.3, 0.4) is 0 Å². The van der Waals surface area contributed by atoms with Gasteiger partial charge in [-0.1, -0.05) is 39.1 Å². The van der Waals surface area contributed by atoms with Crippen LogP contribution in [0, 0.1) is 0 Å². The van der Waals surface area contributed by atoms with E-state index in [0.29, 0.717) is 15.6 Å². The molecule has 3 nitrogen and oxygen atoms in total. The molecule has 0 bridgehead atoms. The average Bonchev–Trinajstić information content (AvgIpc) is 2.51. The number of carbonyl (C=O) groups is 2. The third kappa shape index (κ3) is 2.85. The number of carbonyl (C=O) groups excluding carboxylic acids is 2. The van der Waals surface area contributed by atoms with E-state index in [0.717, 1.165) is 16.2 Å². The summed E-state index contributed by atoms with van der Waals surface area (Å²) in [5, 5.41) is 2.58. The van der Waals surface area contributed by atoms with Gasteiger partial charge in [-0.2, -0.15) is 0 Å². The van der Waals surface area contributed by atoms with E-state index in [-0.39, 0.29) is 4.91 Å². The van der Waals surface area contributed by atoms with E-state index in [9.17, 15) is 9.59 Å². The van der Waals surface area contributed by atoms with Crippen molar-refractivity contribution in [1.82, 2.24) is 5.32 Å². The number of rotatable bonds is 1. The molecule has 0 aromatic heterocycles. The first-order valence-electron chi connectivity index (χ1n) is 4.37. The van der Waals surface area contributed by atoms with Crippen LogP contribution in [-0.4, -0.2) is 11.1 Å². The van der Waals surface area contributed by atoms with Gasteiger partial charge in [-0.05, 0) is 30.0 Å². The minimum absolute atomic E-state index is 0.279. The Morgan fingerprint density at radius 3 is 2.29 bits per heavy atom. The highest BCUT2D eigenvalue weighted by atomic mass is 79.9. The molecule has 1 saturated heterocycles. The third-order valence-corrected chi connectivity index (χ3v) is 3.86. The normalized spacial score (nSPS) is 17.7. The van der Waals surface area contributed by atoms with Crippen LogP contribution in [0.5, 0.6) is 0 Å². The van der Waals surface area contributed by atoms with Crippen molar-refractivity contribution >= 4 is 68.1 Å². The number of nitrogens with one attached hydrogen (secondary N) is 1. The van der Waals surface area contributed by atoms with Crippen LogP contribution in [0.15, 0.2) is 21.5 Å². The Balaban J connectivity index is 2.46. The molecule has 0 saturated carbocycles. The van der Waals surface area contributed by atoms with Gasteiger partial charge in [0.25, 0.3) is 11.1 Å². The lowest BCUT2D eigenvalue weighted by Gasteiger charge is -2.03. The molecular formula is C10H4BrCl2NO2S. The molecule has 88 valence electrons. The van der Waals surface area contributed by atoms with Crippen LogP contribution in [0.25, 0.3) is 6.08 Å². The fourth-order valence-electron chi connectivity index (χ4n) is 1.24. The Morgan fingerprint density at radius 2 is 1.82 bits per heavy atom. The standard InChI is InChI=1S/C10H4BrCl2NO2S/c11-4-1-6(12)5(7(13)2-4)3-8-9(15)14-10(16)17-8/h1-3H,(H,14,15,16)/b8-3-. The predicted molar refractivity (Wildman–Crippen MR) is 73.3 cm³/mol. The Morgan fingerprint density at radius 1 is 1.24 bits per heavy atom. The summed E-state index contributed by atoms with van der Waals surface area (Å²) < 4.78 is 0.745. The number of amides is 2. The number of imide groups is 1. The van der Waals surface area contributed by atoms with Crippen LogP contribution in [0.2, 0.25) is 10.0 Å². The lowest BCUT2D eigenvalue weighted by atomic mass is 10.2. The molecule has 1 aromatic carbocycles. The fourth-order valence-corrected chi connectivity index (χ4v) is 3.22. The highest BCUT2D eigenvalue weighted by Gasteiger charge is 2.25. The molecule has 0 aliphatic carbocycles. The zero-order chi connectivity index (χ0) is 12.6. The van der Waals surface area contributed by atoms with Crippen LogP contribution in [-0.2, 0) is 4.79 Å². The first kappa shape index (κ1) is 13.0. The summed E-state index contributed by atoms with van der Waals surface area (Å²) >= 11 is 16.1. The van der Waals surface area contributed by atoms with Gasteiger partial charge >= 0.3 is 0 Å². The van der Waals surface area contributed by atoms with Crippen LogP contribution >= 0.6 is 50.9 Å². The van der Waals surface area contributed by atoms with Gasteiger partial charge in [0.05, 0.1) is 15.0 Å². The number of halogens is 3. The van der Waals surface area contributed by atoms with Gasteiger partial charge in [0.1, 0.15) is 0 Å². The van der Waals surface area contributed by atoms with E-state index in [1.54, 1.807) is 12.1 Å². The smallest absolute Gasteiger partial charge is 0.282 e. The third-order valence-electron chi connectivity index (χ3n) is 1.96. The van der Waals surface area contributed by atoms with Crippen molar-refractivity contribution in [2.24, 2.45) is 0 Å². The Bertz CT molecular complexity index is 536. The number of benzene rings is 1. The van der Waals surface area contributed by atoms with Gasteiger partial charge in [-0.3, -0.25) is 14.9 Å². The molecule has 1 aliphatic heterocycles. The van der Waals surface area contributed by atoms with Gasteiger partial charge in [-0.25, -0.2) is 0 Å². The van der Waals surface area contributed by atoms with Gasteiger partial charge in [0.2, 0.25) is 0 Å². The Kier molecular flexibility index (Phi) is 3.82. The second kappa shape index (κ2) is 5.02. The van der Waals surface area contributed by atoms with E-state index in [4.69, 9.17) is 23.2 Å². The topological polar surface area (TPSA) is 46.2 Å². The van der Waals surface area contributed by atoms with Crippen molar-refractivity contribution < 1.29 is 9.59 Å². The van der Waals surface area contributed by atoms with E-state index in [1.807, 2.05) is 0 Å². The van der Waals surface area contributed by atoms with E-state index in [2.05, 4.69) is 21.2 Å². The van der Waals surface area contributed by atoms with Crippen molar-refractivity contribution in [1.29, 1.82) is 0 Å². The lowest BCUT2D eigenvalue weighted by molar-refractivity contribution is -0.115. The molecule has 0 spiro atoms. The highest BCUT2D eigenvalue weighted by Crippen LogP contribution is 2.34. The maximum Gasteiger partial charge on any atom is 0.290 e. The minimum Gasteiger partial charge on any atom is -0.282 e. The molecule has 2 amide bonds.